The second-order valence-corrected chi connectivity index (χ2v) is 5.52. The molecule has 3 N–H and O–H groups in total. The van der Waals surface area contributed by atoms with Gasteiger partial charge in [-0.15, -0.1) is 0 Å². The molecule has 108 valence electrons. The number of ether oxygens (including phenoxy) is 1. The molecule has 1 aromatic heterocycles. The van der Waals surface area contributed by atoms with Crippen LogP contribution < -0.4 is 15.8 Å². The van der Waals surface area contributed by atoms with Gasteiger partial charge in [0.05, 0.1) is 5.69 Å². The molecule has 21 heavy (non-hydrogen) atoms. The molecule has 3 rings (SSSR count). The van der Waals surface area contributed by atoms with Crippen LogP contribution in [0.5, 0.6) is 5.75 Å². The lowest BCUT2D eigenvalue weighted by molar-refractivity contribution is -0.339. The third-order valence-corrected chi connectivity index (χ3v) is 3.96. The number of hydrogen-bond donors (Lipinski definition) is 2. The van der Waals surface area contributed by atoms with Crippen LogP contribution in [0.2, 0.25) is 0 Å². The third-order valence-electron chi connectivity index (χ3n) is 3.61. The first-order valence-electron chi connectivity index (χ1n) is 6.60. The maximum absolute atomic E-state index is 11.7. The van der Waals surface area contributed by atoms with Crippen LogP contribution in [0.15, 0.2) is 42.6 Å². The molecule has 1 atom stereocenters. The standard InChI is InChI=1S/C14H16N4O2Si/c15-8-14(12-6-1-2-7-16-12)9-20-11-5-3-4-10(18(19)21)13(11)17-14/h1-7,17H,8-9,15,21H2. The lowest BCUT2D eigenvalue weighted by Crippen LogP contribution is -2.50. The minimum absolute atomic E-state index is 0.308. The van der Waals surface area contributed by atoms with Crippen LogP contribution in [0, 0.1) is 5.21 Å². The summed E-state index contributed by atoms with van der Waals surface area (Å²) in [6.07, 6.45) is 1.72. The maximum atomic E-state index is 11.7. The minimum Gasteiger partial charge on any atom is -0.639 e. The van der Waals surface area contributed by atoms with E-state index in [0.29, 0.717) is 30.3 Å². The minimum atomic E-state index is -0.635. The SMILES string of the molecule is NCC1(c2ccccn2)COc2cccc([N+]([O-])=[SiH2])c2N1. The van der Waals surface area contributed by atoms with Gasteiger partial charge in [0.15, 0.2) is 0 Å². The molecule has 6 nitrogen and oxygen atoms in total. The van der Waals surface area contributed by atoms with Gasteiger partial charge >= 0.3 is 10.0 Å². The number of benzene rings is 1. The maximum Gasteiger partial charge on any atom is 0.323 e. The highest BCUT2D eigenvalue weighted by atomic mass is 28.1. The molecule has 0 radical (unpaired) electrons. The van der Waals surface area contributed by atoms with Crippen molar-refractivity contribution in [3.63, 3.8) is 0 Å². The van der Waals surface area contributed by atoms with E-state index in [0.717, 1.165) is 10.1 Å². The number of anilines is 1. The summed E-state index contributed by atoms with van der Waals surface area (Å²) < 4.78 is 6.66. The van der Waals surface area contributed by atoms with Gasteiger partial charge in [-0.2, -0.15) is 0 Å². The predicted octanol–water partition coefficient (Wildman–Crippen LogP) is 0.699. The van der Waals surface area contributed by atoms with Gasteiger partial charge in [-0.25, -0.2) is 0 Å². The Morgan fingerprint density at radius 1 is 1.38 bits per heavy atom. The van der Waals surface area contributed by atoms with Gasteiger partial charge in [-0.1, -0.05) is 12.1 Å². The molecule has 0 saturated heterocycles. The van der Waals surface area contributed by atoms with E-state index in [1.165, 1.54) is 10.0 Å². The van der Waals surface area contributed by atoms with Crippen molar-refractivity contribution in [3.05, 3.63) is 53.5 Å². The van der Waals surface area contributed by atoms with Gasteiger partial charge in [0.25, 0.3) is 0 Å². The van der Waals surface area contributed by atoms with E-state index in [4.69, 9.17) is 10.5 Å². The van der Waals surface area contributed by atoms with E-state index >= 15 is 0 Å². The Bertz CT molecular complexity index is 680. The Hall–Kier alpha value is -2.25. The molecule has 2 aromatic rings. The Morgan fingerprint density at radius 2 is 2.24 bits per heavy atom. The molecule has 1 aliphatic heterocycles. The number of nitrogens with two attached hydrogens (primary N) is 1. The molecule has 7 heteroatoms. The molecular weight excluding hydrogens is 284 g/mol. The molecule has 1 aliphatic rings. The molecule has 0 fully saturated rings. The van der Waals surface area contributed by atoms with Crippen LogP contribution in [0.1, 0.15) is 5.69 Å². The number of para-hydroxylation sites is 1. The van der Waals surface area contributed by atoms with Crippen molar-refractivity contribution < 1.29 is 9.12 Å². The Morgan fingerprint density at radius 3 is 2.90 bits per heavy atom. The van der Waals surface area contributed by atoms with Crippen LogP contribution in [-0.2, 0) is 5.54 Å². The summed E-state index contributed by atoms with van der Waals surface area (Å²) in [4.78, 5) is 4.38. The van der Waals surface area contributed by atoms with Crippen LogP contribution in [0.4, 0.5) is 11.4 Å². The van der Waals surface area contributed by atoms with Crippen molar-refractivity contribution >= 4 is 21.4 Å². The number of rotatable bonds is 3. The largest absolute Gasteiger partial charge is 0.639 e. The highest BCUT2D eigenvalue weighted by Crippen LogP contribution is 2.41. The van der Waals surface area contributed by atoms with Gasteiger partial charge in [0, 0.05) is 18.8 Å². The van der Waals surface area contributed by atoms with Crippen molar-refractivity contribution in [3.8, 4) is 5.75 Å². The fourth-order valence-electron chi connectivity index (χ4n) is 2.45. The van der Waals surface area contributed by atoms with Crippen molar-refractivity contribution in [1.82, 2.24) is 4.98 Å². The molecule has 0 bridgehead atoms. The molecule has 0 spiro atoms. The summed E-state index contributed by atoms with van der Waals surface area (Å²) in [5.41, 5.74) is 7.33. The fourth-order valence-corrected chi connectivity index (χ4v) is 2.71. The van der Waals surface area contributed by atoms with E-state index in [1.807, 2.05) is 24.3 Å². The second-order valence-electron chi connectivity index (χ2n) is 4.94. The van der Waals surface area contributed by atoms with E-state index in [9.17, 15) is 5.21 Å². The summed E-state index contributed by atoms with van der Waals surface area (Å²) in [7, 11) is 1.24. The first kappa shape index (κ1) is 13.7. The Balaban J connectivity index is 2.08. The van der Waals surface area contributed by atoms with E-state index in [2.05, 4.69) is 10.3 Å². The third kappa shape index (κ3) is 2.30. The van der Waals surface area contributed by atoms with Crippen molar-refractivity contribution in [2.24, 2.45) is 5.73 Å². The zero-order chi connectivity index (χ0) is 14.9. The molecule has 1 unspecified atom stereocenters. The molecule has 2 heterocycles. The van der Waals surface area contributed by atoms with Gasteiger partial charge < -0.3 is 21.0 Å². The van der Waals surface area contributed by atoms with Crippen molar-refractivity contribution in [2.45, 2.75) is 5.54 Å². The topological polar surface area (TPSA) is 86.2 Å². The van der Waals surface area contributed by atoms with Crippen molar-refractivity contribution in [2.75, 3.05) is 18.5 Å². The van der Waals surface area contributed by atoms with E-state index in [-0.39, 0.29) is 0 Å². The monoisotopic (exact) mass is 300 g/mol. The lowest BCUT2D eigenvalue weighted by Gasteiger charge is -2.38. The first-order valence-corrected chi connectivity index (χ1v) is 7.23. The average molecular weight is 300 g/mol. The second kappa shape index (κ2) is 5.26. The number of fused-ring (bicyclic) bond motifs is 1. The van der Waals surface area contributed by atoms with Crippen LogP contribution in [0.25, 0.3) is 0 Å². The average Bonchev–Trinajstić information content (AvgIpc) is 2.54. The van der Waals surface area contributed by atoms with Crippen LogP contribution in [0.3, 0.4) is 0 Å². The number of pyridine rings is 1. The summed E-state index contributed by atoms with van der Waals surface area (Å²) in [5, 5.41) is 15.1. The number of hydrogen-bond acceptors (Lipinski definition) is 5. The lowest BCUT2D eigenvalue weighted by atomic mass is 9.93. The molecule has 0 aliphatic carbocycles. The molecule has 0 saturated carbocycles. The van der Waals surface area contributed by atoms with E-state index < -0.39 is 5.54 Å². The zero-order valence-corrected chi connectivity index (χ0v) is 12.9. The Kier molecular flexibility index (Phi) is 3.44. The fraction of sp³-hybridized carbons (Fsp3) is 0.214. The smallest absolute Gasteiger partial charge is 0.323 e. The normalized spacial score (nSPS) is 20.0. The predicted molar refractivity (Wildman–Crippen MR) is 82.4 cm³/mol. The summed E-state index contributed by atoms with van der Waals surface area (Å²) in [6, 6.07) is 11.0. The highest BCUT2D eigenvalue weighted by molar-refractivity contribution is 5.88. The number of nitrogens with zero attached hydrogens (tertiary/aromatic N) is 2. The zero-order valence-electron chi connectivity index (χ0n) is 11.5. The van der Waals surface area contributed by atoms with Crippen molar-refractivity contribution in [1.29, 1.82) is 0 Å². The van der Waals surface area contributed by atoms with E-state index in [1.54, 1.807) is 18.3 Å². The van der Waals surface area contributed by atoms with Crippen LogP contribution >= 0.6 is 0 Å². The van der Waals surface area contributed by atoms with Gasteiger partial charge in [0.2, 0.25) is 5.69 Å². The summed E-state index contributed by atoms with van der Waals surface area (Å²) >= 11 is 0. The molecule has 1 aromatic carbocycles. The summed E-state index contributed by atoms with van der Waals surface area (Å²) in [6.45, 7) is 0.671. The van der Waals surface area contributed by atoms with Crippen LogP contribution in [-0.4, -0.2) is 32.6 Å². The molecular formula is C14H16N4O2Si. The van der Waals surface area contributed by atoms with Gasteiger partial charge in [-0.05, 0) is 18.2 Å². The Labute approximate surface area is 125 Å². The number of aromatic nitrogens is 1. The van der Waals surface area contributed by atoms with Gasteiger partial charge in [-0.3, -0.25) is 9.36 Å². The first-order chi connectivity index (χ1) is 10.2. The molecule has 0 amide bonds. The van der Waals surface area contributed by atoms with Gasteiger partial charge in [0.1, 0.15) is 23.6 Å². The quantitative estimate of drug-likeness (QED) is 0.643. The number of nitrogens with one attached hydrogen (secondary N) is 1. The highest BCUT2D eigenvalue weighted by Gasteiger charge is 2.39. The summed E-state index contributed by atoms with van der Waals surface area (Å²) in [5.74, 6) is 0.653.